The van der Waals surface area contributed by atoms with Gasteiger partial charge in [0.05, 0.1) is 37.1 Å². The molecule has 0 saturated carbocycles. The maximum atomic E-state index is 13.2. The van der Waals surface area contributed by atoms with E-state index in [-0.39, 0.29) is 36.1 Å². The van der Waals surface area contributed by atoms with Crippen LogP contribution in [0.5, 0.6) is 0 Å². The molecule has 35 heavy (non-hydrogen) atoms. The average molecular weight is 503 g/mol. The van der Waals surface area contributed by atoms with Gasteiger partial charge in [-0.05, 0) is 86.5 Å². The van der Waals surface area contributed by atoms with Crippen LogP contribution in [0.25, 0.3) is 0 Å². The molecule has 6 nitrogen and oxygen atoms in total. The van der Waals surface area contributed by atoms with E-state index in [1.807, 2.05) is 69.2 Å². The van der Waals surface area contributed by atoms with Crippen molar-refractivity contribution in [2.75, 3.05) is 26.4 Å². The van der Waals surface area contributed by atoms with Crippen LogP contribution in [0.2, 0.25) is 0 Å². The first-order valence-corrected chi connectivity index (χ1v) is 13.4. The first kappa shape index (κ1) is 34.5. The van der Waals surface area contributed by atoms with E-state index >= 15 is 0 Å². The second kappa shape index (κ2) is 13.9. The van der Waals surface area contributed by atoms with Gasteiger partial charge in [-0.2, -0.15) is 0 Å². The molecule has 0 heterocycles. The lowest BCUT2D eigenvalue weighted by Gasteiger charge is -2.36. The van der Waals surface area contributed by atoms with Crippen LogP contribution in [0, 0.1) is 10.8 Å². The summed E-state index contributed by atoms with van der Waals surface area (Å²) in [4.78, 5) is 13.2. The largest absolute Gasteiger partial charge is 0.388 e. The van der Waals surface area contributed by atoms with Crippen molar-refractivity contribution in [3.63, 3.8) is 0 Å². The van der Waals surface area contributed by atoms with Gasteiger partial charge in [0.2, 0.25) is 0 Å². The van der Waals surface area contributed by atoms with Crippen LogP contribution in [0.3, 0.4) is 0 Å². The van der Waals surface area contributed by atoms with Gasteiger partial charge in [0.1, 0.15) is 11.7 Å². The van der Waals surface area contributed by atoms with Gasteiger partial charge in [-0.3, -0.25) is 4.79 Å². The fourth-order valence-corrected chi connectivity index (χ4v) is 3.61. The minimum atomic E-state index is -0.865. The fourth-order valence-electron chi connectivity index (χ4n) is 3.61. The Hall–Kier alpha value is -0.530. The maximum Gasteiger partial charge on any atom is 0.169 e. The Morgan fingerprint density at radius 1 is 0.686 bits per heavy atom. The third kappa shape index (κ3) is 16.0. The topological polar surface area (TPSA) is 74.2 Å². The van der Waals surface area contributed by atoms with E-state index in [0.717, 1.165) is 19.3 Å². The Labute approximate surface area is 216 Å². The maximum absolute atomic E-state index is 13.2. The highest BCUT2D eigenvalue weighted by Crippen LogP contribution is 2.35. The lowest BCUT2D eigenvalue weighted by molar-refractivity contribution is -0.154. The summed E-state index contributed by atoms with van der Waals surface area (Å²) >= 11 is 0. The molecular formula is C29H58O6. The molecule has 0 radical (unpaired) electrons. The van der Waals surface area contributed by atoms with E-state index < -0.39 is 22.7 Å². The van der Waals surface area contributed by atoms with Gasteiger partial charge in [-0.25, -0.2) is 0 Å². The van der Waals surface area contributed by atoms with Crippen LogP contribution in [0.4, 0.5) is 0 Å². The van der Waals surface area contributed by atoms with Crippen molar-refractivity contribution in [3.8, 4) is 0 Å². The molecule has 0 aliphatic heterocycles. The summed E-state index contributed by atoms with van der Waals surface area (Å²) in [6.07, 6.45) is 2.65. The van der Waals surface area contributed by atoms with Crippen molar-refractivity contribution >= 4 is 5.78 Å². The lowest BCUT2D eigenvalue weighted by atomic mass is 9.73. The van der Waals surface area contributed by atoms with Crippen molar-refractivity contribution in [3.05, 3.63) is 0 Å². The molecule has 0 aromatic rings. The van der Waals surface area contributed by atoms with E-state index in [0.29, 0.717) is 19.6 Å². The number of ketones is 1. The van der Waals surface area contributed by atoms with E-state index in [1.165, 1.54) is 0 Å². The molecule has 1 atom stereocenters. The zero-order valence-electron chi connectivity index (χ0n) is 25.3. The standard InChI is InChI=1S/C29H58O6/c1-22(2)32-18-16-27(8,9)34-20-23(30)21-35-28(10,11)17-19-33-29(12,13)24(31)26(6,7)15-14-25(3,4)5/h22-23,30H,14-21H2,1-13H3. The van der Waals surface area contributed by atoms with Crippen LogP contribution in [-0.4, -0.2) is 66.3 Å². The predicted octanol–water partition coefficient (Wildman–Crippen LogP) is 6.36. The normalized spacial score (nSPS) is 15.1. The summed E-state index contributed by atoms with van der Waals surface area (Å²) in [6, 6.07) is 0. The minimum Gasteiger partial charge on any atom is -0.388 e. The molecule has 6 heteroatoms. The highest BCUT2D eigenvalue weighted by Gasteiger charge is 2.40. The number of aliphatic hydroxyl groups excluding tert-OH is 1. The molecule has 0 aliphatic carbocycles. The van der Waals surface area contributed by atoms with Crippen molar-refractivity contribution in [2.45, 2.75) is 145 Å². The highest BCUT2D eigenvalue weighted by molar-refractivity contribution is 5.91. The Kier molecular flexibility index (Phi) is 13.6. The number of rotatable bonds is 18. The number of hydrogen-bond acceptors (Lipinski definition) is 6. The van der Waals surface area contributed by atoms with E-state index in [9.17, 15) is 9.90 Å². The quantitative estimate of drug-likeness (QED) is 0.235. The zero-order chi connectivity index (χ0) is 27.7. The van der Waals surface area contributed by atoms with Gasteiger partial charge in [0.25, 0.3) is 0 Å². The molecule has 0 amide bonds. The van der Waals surface area contributed by atoms with Crippen LogP contribution >= 0.6 is 0 Å². The summed E-state index contributed by atoms with van der Waals surface area (Å²) < 4.78 is 23.5. The second-order valence-electron chi connectivity index (χ2n) is 13.8. The molecule has 0 saturated heterocycles. The SMILES string of the molecule is CC(C)OCCC(C)(C)OCC(O)COC(C)(C)CCOC(C)(C)C(=O)C(C)(C)CCC(C)(C)C. The first-order valence-electron chi connectivity index (χ1n) is 13.4. The predicted molar refractivity (Wildman–Crippen MR) is 144 cm³/mol. The summed E-state index contributed by atoms with van der Waals surface area (Å²) in [6.45, 7) is 27.7. The summed E-state index contributed by atoms with van der Waals surface area (Å²) in [5, 5.41) is 10.4. The number of aliphatic hydroxyl groups is 1. The van der Waals surface area contributed by atoms with Gasteiger partial charge in [-0.1, -0.05) is 34.6 Å². The van der Waals surface area contributed by atoms with Crippen molar-refractivity contribution in [2.24, 2.45) is 10.8 Å². The Morgan fingerprint density at radius 2 is 1.14 bits per heavy atom. The van der Waals surface area contributed by atoms with Gasteiger partial charge >= 0.3 is 0 Å². The van der Waals surface area contributed by atoms with Crippen LogP contribution in [0.15, 0.2) is 0 Å². The molecule has 0 rings (SSSR count). The van der Waals surface area contributed by atoms with Crippen LogP contribution < -0.4 is 0 Å². The van der Waals surface area contributed by atoms with Gasteiger partial charge in [0.15, 0.2) is 5.78 Å². The Morgan fingerprint density at radius 3 is 1.57 bits per heavy atom. The van der Waals surface area contributed by atoms with Gasteiger partial charge in [-0.15, -0.1) is 0 Å². The van der Waals surface area contributed by atoms with Crippen LogP contribution in [0.1, 0.15) is 116 Å². The number of ether oxygens (including phenoxy) is 4. The van der Waals surface area contributed by atoms with Gasteiger partial charge < -0.3 is 24.1 Å². The molecule has 0 aliphatic rings. The van der Waals surface area contributed by atoms with Crippen LogP contribution in [-0.2, 0) is 23.7 Å². The zero-order valence-corrected chi connectivity index (χ0v) is 25.3. The summed E-state index contributed by atoms with van der Waals surface area (Å²) in [5.74, 6) is 0.127. The number of hydrogen-bond donors (Lipinski definition) is 1. The molecule has 0 spiro atoms. The summed E-state index contributed by atoms with van der Waals surface area (Å²) in [7, 11) is 0. The molecule has 0 aromatic carbocycles. The van der Waals surface area contributed by atoms with Crippen molar-refractivity contribution in [1.29, 1.82) is 0 Å². The minimum absolute atomic E-state index is 0.127. The summed E-state index contributed by atoms with van der Waals surface area (Å²) in [5.41, 5.74) is -1.99. The lowest BCUT2D eigenvalue weighted by Crippen LogP contribution is -2.45. The Balaban J connectivity index is 4.51. The van der Waals surface area contributed by atoms with E-state index in [2.05, 4.69) is 20.8 Å². The molecule has 0 aromatic heterocycles. The average Bonchev–Trinajstić information content (AvgIpc) is 2.67. The number of carbonyl (C=O) groups is 1. The second-order valence-corrected chi connectivity index (χ2v) is 13.8. The van der Waals surface area contributed by atoms with Crippen molar-refractivity contribution in [1.82, 2.24) is 0 Å². The van der Waals surface area contributed by atoms with E-state index in [4.69, 9.17) is 18.9 Å². The fraction of sp³-hybridized carbons (Fsp3) is 0.966. The third-order valence-electron chi connectivity index (χ3n) is 6.32. The Bertz CT molecular complexity index is 613. The molecular weight excluding hydrogens is 444 g/mol. The molecule has 1 unspecified atom stereocenters. The van der Waals surface area contributed by atoms with Gasteiger partial charge in [0, 0.05) is 12.0 Å². The molecule has 0 bridgehead atoms. The molecule has 210 valence electrons. The molecule has 0 fully saturated rings. The monoisotopic (exact) mass is 502 g/mol. The number of Topliss-reactive ketones (excluding diaryl/α,β-unsaturated/α-hetero) is 1. The molecule has 1 N–H and O–H groups in total. The third-order valence-corrected chi connectivity index (χ3v) is 6.32. The highest BCUT2D eigenvalue weighted by atomic mass is 16.5. The van der Waals surface area contributed by atoms with Crippen molar-refractivity contribution < 1.29 is 28.8 Å². The smallest absolute Gasteiger partial charge is 0.169 e. The first-order chi connectivity index (χ1) is 15.6. The number of carbonyl (C=O) groups excluding carboxylic acids is 1. The van der Waals surface area contributed by atoms with E-state index in [1.54, 1.807) is 0 Å².